The summed E-state index contributed by atoms with van der Waals surface area (Å²) in [6.07, 6.45) is 1.77. The lowest BCUT2D eigenvalue weighted by molar-refractivity contribution is 0.281. The highest BCUT2D eigenvalue weighted by Gasteiger charge is 2.08. The number of hydrogen-bond acceptors (Lipinski definition) is 5. The van der Waals surface area contributed by atoms with E-state index in [1.165, 1.54) is 0 Å². The van der Waals surface area contributed by atoms with Crippen molar-refractivity contribution in [1.29, 1.82) is 0 Å². The maximum absolute atomic E-state index is 9.00. The number of fused-ring (bicyclic) bond motifs is 1. The van der Waals surface area contributed by atoms with Crippen molar-refractivity contribution in [3.05, 3.63) is 47.7 Å². The SMILES string of the molecule is CC.Nc1nc(OCc2ccc(CO)cc2)c2cc[nH]c2n1. The summed E-state index contributed by atoms with van der Waals surface area (Å²) in [5.74, 6) is 0.630. The van der Waals surface area contributed by atoms with Crippen molar-refractivity contribution in [1.82, 2.24) is 15.0 Å². The van der Waals surface area contributed by atoms with E-state index in [-0.39, 0.29) is 12.6 Å². The first-order valence-corrected chi connectivity index (χ1v) is 7.18. The minimum absolute atomic E-state index is 0.0353. The van der Waals surface area contributed by atoms with Crippen LogP contribution in [-0.4, -0.2) is 20.1 Å². The van der Waals surface area contributed by atoms with E-state index >= 15 is 0 Å². The molecule has 0 saturated heterocycles. The molecule has 0 bridgehead atoms. The summed E-state index contributed by atoms with van der Waals surface area (Å²) in [7, 11) is 0. The van der Waals surface area contributed by atoms with E-state index in [2.05, 4.69) is 15.0 Å². The van der Waals surface area contributed by atoms with Crippen LogP contribution in [0.2, 0.25) is 0 Å². The number of anilines is 1. The molecule has 0 saturated carbocycles. The van der Waals surface area contributed by atoms with Gasteiger partial charge in [0.15, 0.2) is 0 Å². The van der Waals surface area contributed by atoms with Crippen LogP contribution in [0.5, 0.6) is 5.88 Å². The number of nitrogens with zero attached hydrogens (tertiary/aromatic N) is 2. The van der Waals surface area contributed by atoms with Gasteiger partial charge in [-0.3, -0.25) is 0 Å². The summed E-state index contributed by atoms with van der Waals surface area (Å²) < 4.78 is 5.70. The number of aliphatic hydroxyl groups is 1. The zero-order chi connectivity index (χ0) is 15.9. The van der Waals surface area contributed by atoms with Gasteiger partial charge >= 0.3 is 0 Å². The highest BCUT2D eigenvalue weighted by atomic mass is 16.5. The van der Waals surface area contributed by atoms with Gasteiger partial charge in [-0.1, -0.05) is 38.1 Å². The molecular formula is C16H20N4O2. The number of benzene rings is 1. The molecule has 116 valence electrons. The van der Waals surface area contributed by atoms with E-state index in [0.29, 0.717) is 18.1 Å². The lowest BCUT2D eigenvalue weighted by Crippen LogP contribution is -2.02. The van der Waals surface area contributed by atoms with Crippen LogP contribution in [0.4, 0.5) is 5.95 Å². The van der Waals surface area contributed by atoms with Gasteiger partial charge in [-0.15, -0.1) is 0 Å². The minimum Gasteiger partial charge on any atom is -0.472 e. The molecule has 3 rings (SSSR count). The minimum atomic E-state index is 0.0353. The lowest BCUT2D eigenvalue weighted by atomic mass is 10.1. The van der Waals surface area contributed by atoms with Crippen LogP contribution in [0.25, 0.3) is 11.0 Å². The maximum atomic E-state index is 9.00. The summed E-state index contributed by atoms with van der Waals surface area (Å²) in [4.78, 5) is 11.2. The Morgan fingerprint density at radius 2 is 1.77 bits per heavy atom. The van der Waals surface area contributed by atoms with E-state index in [0.717, 1.165) is 16.5 Å². The van der Waals surface area contributed by atoms with Crippen LogP contribution in [0.15, 0.2) is 36.5 Å². The second-order valence-corrected chi connectivity index (χ2v) is 4.39. The molecule has 0 atom stereocenters. The third-order valence-corrected chi connectivity index (χ3v) is 2.98. The number of aromatic amines is 1. The fraction of sp³-hybridized carbons (Fsp3) is 0.250. The van der Waals surface area contributed by atoms with Gasteiger partial charge in [0.2, 0.25) is 11.8 Å². The zero-order valence-electron chi connectivity index (χ0n) is 12.7. The van der Waals surface area contributed by atoms with Crippen molar-refractivity contribution in [3.8, 4) is 5.88 Å². The average molecular weight is 300 g/mol. The Balaban J connectivity index is 0.000000847. The Morgan fingerprint density at radius 3 is 2.45 bits per heavy atom. The van der Waals surface area contributed by atoms with Crippen molar-refractivity contribution in [2.24, 2.45) is 0 Å². The summed E-state index contributed by atoms with van der Waals surface area (Å²) >= 11 is 0. The lowest BCUT2D eigenvalue weighted by Gasteiger charge is -2.07. The molecule has 0 fully saturated rings. The second-order valence-electron chi connectivity index (χ2n) is 4.39. The number of hydrogen-bond donors (Lipinski definition) is 3. The molecule has 0 amide bonds. The van der Waals surface area contributed by atoms with E-state index in [1.54, 1.807) is 6.20 Å². The smallest absolute Gasteiger partial charge is 0.228 e. The van der Waals surface area contributed by atoms with Crippen LogP contribution in [0, 0.1) is 0 Å². The van der Waals surface area contributed by atoms with Gasteiger partial charge in [0, 0.05) is 6.20 Å². The number of nitrogen functional groups attached to an aromatic ring is 1. The first-order chi connectivity index (χ1) is 10.8. The van der Waals surface area contributed by atoms with Gasteiger partial charge in [0.05, 0.1) is 12.0 Å². The molecule has 6 nitrogen and oxygen atoms in total. The van der Waals surface area contributed by atoms with Gasteiger partial charge in [-0.05, 0) is 17.2 Å². The van der Waals surface area contributed by atoms with E-state index in [1.807, 2.05) is 44.2 Å². The molecule has 22 heavy (non-hydrogen) atoms. The molecule has 0 spiro atoms. The largest absolute Gasteiger partial charge is 0.472 e. The van der Waals surface area contributed by atoms with Crippen molar-refractivity contribution in [3.63, 3.8) is 0 Å². The molecule has 0 radical (unpaired) electrons. The number of H-pyrrole nitrogens is 1. The second kappa shape index (κ2) is 7.42. The predicted octanol–water partition coefficient (Wildman–Crippen LogP) is 2.64. The normalized spacial score (nSPS) is 10.1. The average Bonchev–Trinajstić information content (AvgIpc) is 3.03. The third-order valence-electron chi connectivity index (χ3n) is 2.98. The molecule has 2 heterocycles. The van der Waals surface area contributed by atoms with Crippen molar-refractivity contribution in [2.45, 2.75) is 27.1 Å². The highest BCUT2D eigenvalue weighted by Crippen LogP contribution is 2.23. The molecule has 0 aliphatic carbocycles. The topological polar surface area (TPSA) is 97.0 Å². The fourth-order valence-corrected chi connectivity index (χ4v) is 1.93. The molecule has 6 heteroatoms. The van der Waals surface area contributed by atoms with Gasteiger partial charge < -0.3 is 20.6 Å². The molecule has 4 N–H and O–H groups in total. The van der Waals surface area contributed by atoms with Crippen LogP contribution < -0.4 is 10.5 Å². The Labute approximate surface area is 129 Å². The van der Waals surface area contributed by atoms with E-state index < -0.39 is 0 Å². The van der Waals surface area contributed by atoms with Crippen molar-refractivity contribution >= 4 is 17.0 Å². The van der Waals surface area contributed by atoms with Gasteiger partial charge in [-0.25, -0.2) is 0 Å². The Bertz CT molecular complexity index is 723. The summed E-state index contributed by atoms with van der Waals surface area (Å²) in [5.41, 5.74) is 8.15. The maximum Gasteiger partial charge on any atom is 0.228 e. The zero-order valence-corrected chi connectivity index (χ0v) is 12.7. The number of aromatic nitrogens is 3. The quantitative estimate of drug-likeness (QED) is 0.688. The number of ether oxygens (including phenoxy) is 1. The first kappa shape index (κ1) is 15.8. The van der Waals surface area contributed by atoms with Crippen LogP contribution in [0.1, 0.15) is 25.0 Å². The van der Waals surface area contributed by atoms with E-state index in [9.17, 15) is 0 Å². The molecule has 2 aromatic heterocycles. The van der Waals surface area contributed by atoms with Gasteiger partial charge in [0.1, 0.15) is 12.3 Å². The first-order valence-electron chi connectivity index (χ1n) is 7.18. The Morgan fingerprint density at radius 1 is 1.09 bits per heavy atom. The Hall–Kier alpha value is -2.60. The van der Waals surface area contributed by atoms with Crippen LogP contribution in [-0.2, 0) is 13.2 Å². The third kappa shape index (κ3) is 3.53. The Kier molecular flexibility index (Phi) is 5.32. The molecule has 0 unspecified atom stereocenters. The van der Waals surface area contributed by atoms with Gasteiger partial charge in [0.25, 0.3) is 0 Å². The van der Waals surface area contributed by atoms with Crippen LogP contribution in [0.3, 0.4) is 0 Å². The molecular weight excluding hydrogens is 280 g/mol. The highest BCUT2D eigenvalue weighted by molar-refractivity contribution is 5.81. The fourth-order valence-electron chi connectivity index (χ4n) is 1.93. The number of rotatable bonds is 4. The molecule has 1 aromatic carbocycles. The van der Waals surface area contributed by atoms with E-state index in [4.69, 9.17) is 15.6 Å². The summed E-state index contributed by atoms with van der Waals surface area (Å²) in [6, 6.07) is 9.38. The summed E-state index contributed by atoms with van der Waals surface area (Å²) in [5, 5.41) is 9.79. The molecule has 0 aliphatic rings. The number of nitrogens with one attached hydrogen (secondary N) is 1. The number of aliphatic hydroxyl groups excluding tert-OH is 1. The van der Waals surface area contributed by atoms with Crippen molar-refractivity contribution in [2.75, 3.05) is 5.73 Å². The predicted molar refractivity (Wildman–Crippen MR) is 86.3 cm³/mol. The van der Waals surface area contributed by atoms with Crippen molar-refractivity contribution < 1.29 is 9.84 Å². The monoisotopic (exact) mass is 300 g/mol. The van der Waals surface area contributed by atoms with Gasteiger partial charge in [-0.2, -0.15) is 9.97 Å². The summed E-state index contributed by atoms with van der Waals surface area (Å²) in [6.45, 7) is 4.41. The number of nitrogens with two attached hydrogens (primary N) is 1. The standard InChI is InChI=1S/C14H14N4O2.C2H6/c15-14-17-12-11(5-6-16-12)13(18-14)20-8-10-3-1-9(7-19)2-4-10;1-2/h1-6,19H,7-8H2,(H3,15,16,17,18);1-2H3. The molecule has 3 aromatic rings. The molecule has 0 aliphatic heterocycles. The van der Waals surface area contributed by atoms with Crippen LogP contribution >= 0.6 is 0 Å².